The average Bonchev–Trinajstić information content (AvgIpc) is 2.71. The largest absolute Gasteiger partial charge is 0.458 e. The molecule has 0 unspecified atom stereocenters. The van der Waals surface area contributed by atoms with E-state index in [-0.39, 0.29) is 5.33 Å². The number of non-ortho nitro benzene ring substituents is 2. The van der Waals surface area contributed by atoms with Crippen molar-refractivity contribution in [3.05, 3.63) is 78.9 Å². The lowest BCUT2D eigenvalue weighted by Crippen LogP contribution is -2.34. The molecule has 0 spiro atoms. The van der Waals surface area contributed by atoms with Gasteiger partial charge < -0.3 is 0 Å². The minimum absolute atomic E-state index is 0.352. The second-order valence-corrected chi connectivity index (χ2v) is 7.19. The van der Waals surface area contributed by atoms with E-state index in [1.807, 2.05) is 0 Å². The van der Waals surface area contributed by atoms with Crippen LogP contribution in [0.2, 0.25) is 0 Å². The highest BCUT2D eigenvalue weighted by atomic mass is 79.9. The molecule has 0 atom stereocenters. The van der Waals surface area contributed by atoms with Gasteiger partial charge in [0.2, 0.25) is 0 Å². The molecule has 2 aromatic carbocycles. The SMILES string of the molecule is Cc1cc([N+](=O)[O-])ccc1C(F)(F)C(F)(F)F.O=[N+]([O-])c1ccc(C(F)(F)C(F)(F)F)c(CBr)c1. The molecule has 2 aromatic rings. The van der Waals surface area contributed by atoms with Crippen LogP contribution in [-0.4, -0.2) is 22.2 Å². The van der Waals surface area contributed by atoms with Crippen LogP contribution < -0.4 is 0 Å². The van der Waals surface area contributed by atoms with E-state index < -0.39 is 67.7 Å². The molecule has 0 aliphatic rings. The maximum Gasteiger partial charge on any atom is 0.458 e. The van der Waals surface area contributed by atoms with E-state index in [4.69, 9.17) is 0 Å². The Morgan fingerprint density at radius 1 is 0.714 bits per heavy atom. The monoisotopic (exact) mass is 588 g/mol. The Balaban J connectivity index is 0.000000351. The van der Waals surface area contributed by atoms with Crippen molar-refractivity contribution in [3.63, 3.8) is 0 Å². The molecule has 17 heteroatoms. The van der Waals surface area contributed by atoms with Crippen molar-refractivity contribution in [3.8, 4) is 0 Å². The van der Waals surface area contributed by atoms with Gasteiger partial charge in [0.1, 0.15) is 0 Å². The van der Waals surface area contributed by atoms with Gasteiger partial charge in [-0.05, 0) is 30.2 Å². The number of alkyl halides is 11. The van der Waals surface area contributed by atoms with E-state index in [1.54, 1.807) is 0 Å². The Hall–Kier alpha value is -2.98. The van der Waals surface area contributed by atoms with Crippen LogP contribution in [0.3, 0.4) is 0 Å². The fourth-order valence-corrected chi connectivity index (χ4v) is 2.99. The third-order valence-electron chi connectivity index (χ3n) is 4.25. The first-order chi connectivity index (χ1) is 15.7. The van der Waals surface area contributed by atoms with Crippen LogP contribution >= 0.6 is 15.9 Å². The summed E-state index contributed by atoms with van der Waals surface area (Å²) in [5, 5.41) is 20.4. The van der Waals surface area contributed by atoms with E-state index in [2.05, 4.69) is 15.9 Å². The van der Waals surface area contributed by atoms with Crippen molar-refractivity contribution in [1.82, 2.24) is 0 Å². The van der Waals surface area contributed by atoms with E-state index in [9.17, 15) is 64.1 Å². The van der Waals surface area contributed by atoms with Crippen molar-refractivity contribution in [1.29, 1.82) is 0 Å². The summed E-state index contributed by atoms with van der Waals surface area (Å²) in [5.74, 6) is -10.1. The summed E-state index contributed by atoms with van der Waals surface area (Å²) in [6.45, 7) is 0.960. The van der Waals surface area contributed by atoms with Crippen molar-refractivity contribution in [2.24, 2.45) is 0 Å². The minimum Gasteiger partial charge on any atom is -0.258 e. The molecule has 0 amide bonds. The van der Waals surface area contributed by atoms with Crippen molar-refractivity contribution in [2.45, 2.75) is 36.5 Å². The highest BCUT2D eigenvalue weighted by molar-refractivity contribution is 9.08. The van der Waals surface area contributed by atoms with Gasteiger partial charge in [-0.25, -0.2) is 0 Å². The standard InChI is InChI=1S/C9H5BrF5NO2.C9H6F5NO2/c10-4-5-3-6(16(17)18)1-2-7(5)8(11,12)9(13,14)15;1-5-4-6(15(16)17)2-3-7(5)8(10,11)9(12,13)14/h1-3H,4H2;2-4H,1H3. The Bertz CT molecular complexity index is 1100. The highest BCUT2D eigenvalue weighted by Crippen LogP contribution is 2.46. The van der Waals surface area contributed by atoms with Gasteiger partial charge in [-0.3, -0.25) is 20.2 Å². The molecule has 0 aliphatic heterocycles. The molecule has 0 heterocycles. The van der Waals surface area contributed by atoms with E-state index in [0.29, 0.717) is 36.4 Å². The molecule has 0 radical (unpaired) electrons. The number of hydrogen-bond acceptors (Lipinski definition) is 4. The summed E-state index contributed by atoms with van der Waals surface area (Å²) in [6, 6.07) is 3.42. The van der Waals surface area contributed by atoms with Crippen LogP contribution in [0.25, 0.3) is 0 Å². The maximum absolute atomic E-state index is 13.1. The highest BCUT2D eigenvalue weighted by Gasteiger charge is 2.60. The number of benzene rings is 2. The Morgan fingerprint density at radius 3 is 1.43 bits per heavy atom. The molecular formula is C18H11BrF10N2O4. The number of nitrogens with zero attached hydrogens (tertiary/aromatic N) is 2. The third kappa shape index (κ3) is 6.58. The fraction of sp³-hybridized carbons (Fsp3) is 0.333. The number of nitro groups is 2. The number of aryl methyl sites for hydroxylation is 1. The van der Waals surface area contributed by atoms with Gasteiger partial charge in [0, 0.05) is 40.7 Å². The first-order valence-electron chi connectivity index (χ1n) is 8.66. The van der Waals surface area contributed by atoms with Crippen molar-refractivity contribution < 1.29 is 53.8 Å². The molecule has 0 saturated carbocycles. The van der Waals surface area contributed by atoms with Gasteiger partial charge in [0.25, 0.3) is 11.4 Å². The first-order valence-corrected chi connectivity index (χ1v) is 9.79. The first kappa shape index (κ1) is 30.1. The molecular weight excluding hydrogens is 578 g/mol. The second kappa shape index (κ2) is 10.3. The van der Waals surface area contributed by atoms with Gasteiger partial charge in [0.05, 0.1) is 9.85 Å². The number of hydrogen-bond donors (Lipinski definition) is 0. The molecule has 0 aliphatic carbocycles. The average molecular weight is 589 g/mol. The van der Waals surface area contributed by atoms with E-state index >= 15 is 0 Å². The molecule has 35 heavy (non-hydrogen) atoms. The number of rotatable bonds is 5. The molecule has 0 aromatic heterocycles. The smallest absolute Gasteiger partial charge is 0.258 e. The summed E-state index contributed by atoms with van der Waals surface area (Å²) in [4.78, 5) is 19.0. The third-order valence-corrected chi connectivity index (χ3v) is 4.86. The van der Waals surface area contributed by atoms with E-state index in [1.165, 1.54) is 0 Å². The molecule has 6 nitrogen and oxygen atoms in total. The van der Waals surface area contributed by atoms with Crippen LogP contribution in [0.15, 0.2) is 36.4 Å². The summed E-state index contributed by atoms with van der Waals surface area (Å²) in [6.07, 6.45) is -11.5. The van der Waals surface area contributed by atoms with Gasteiger partial charge in [-0.15, -0.1) is 0 Å². The van der Waals surface area contributed by atoms with Gasteiger partial charge in [0.15, 0.2) is 0 Å². The predicted octanol–water partition coefficient (Wildman–Crippen LogP) is 7.70. The zero-order valence-electron chi connectivity index (χ0n) is 16.9. The zero-order chi connectivity index (χ0) is 27.6. The molecule has 0 saturated heterocycles. The second-order valence-electron chi connectivity index (χ2n) is 6.63. The van der Waals surface area contributed by atoms with Crippen molar-refractivity contribution in [2.75, 3.05) is 0 Å². The molecule has 0 bridgehead atoms. The molecule has 0 N–H and O–H groups in total. The quantitative estimate of drug-likeness (QED) is 0.155. The molecule has 0 fully saturated rings. The topological polar surface area (TPSA) is 86.3 Å². The molecule has 2 rings (SSSR count). The number of nitro benzene ring substituents is 2. The Kier molecular flexibility index (Phi) is 8.87. The Morgan fingerprint density at radius 2 is 1.09 bits per heavy atom. The van der Waals surface area contributed by atoms with Gasteiger partial charge in [-0.2, -0.15) is 43.9 Å². The summed E-state index contributed by atoms with van der Waals surface area (Å²) in [7, 11) is 0. The van der Waals surface area contributed by atoms with Crippen LogP contribution in [0.1, 0.15) is 22.3 Å². The summed E-state index contributed by atoms with van der Waals surface area (Å²) >= 11 is 2.73. The van der Waals surface area contributed by atoms with Crippen LogP contribution in [0.4, 0.5) is 55.3 Å². The van der Waals surface area contributed by atoms with Gasteiger partial charge in [-0.1, -0.05) is 15.9 Å². The predicted molar refractivity (Wildman–Crippen MR) is 103 cm³/mol. The van der Waals surface area contributed by atoms with Crippen molar-refractivity contribution >= 4 is 27.3 Å². The van der Waals surface area contributed by atoms with Crippen LogP contribution in [-0.2, 0) is 17.2 Å². The number of halogens is 11. The summed E-state index contributed by atoms with van der Waals surface area (Å²) < 4.78 is 125. The zero-order valence-corrected chi connectivity index (χ0v) is 18.4. The maximum atomic E-state index is 13.1. The lowest BCUT2D eigenvalue weighted by atomic mass is 10.0. The lowest BCUT2D eigenvalue weighted by molar-refractivity contribution is -0.385. The summed E-state index contributed by atoms with van der Waals surface area (Å²) in [5.41, 5.74) is -4.63. The van der Waals surface area contributed by atoms with E-state index in [0.717, 1.165) is 6.92 Å². The van der Waals surface area contributed by atoms with Gasteiger partial charge >= 0.3 is 24.2 Å². The Labute approximate surface area is 197 Å². The fourth-order valence-electron chi connectivity index (χ4n) is 2.53. The lowest BCUT2D eigenvalue weighted by Gasteiger charge is -2.21. The van der Waals surface area contributed by atoms with Crippen LogP contribution in [0.5, 0.6) is 0 Å². The normalized spacial score (nSPS) is 12.6. The van der Waals surface area contributed by atoms with Crippen LogP contribution in [0, 0.1) is 27.2 Å². The minimum atomic E-state index is -5.75. The molecule has 194 valence electrons.